The molecule has 1 saturated carbocycles. The molecule has 0 heterocycles. The summed E-state index contributed by atoms with van der Waals surface area (Å²) in [5, 5.41) is 12.2. The normalized spacial score (nSPS) is 17.0. The van der Waals surface area contributed by atoms with Gasteiger partial charge in [0.15, 0.2) is 6.10 Å². The van der Waals surface area contributed by atoms with Gasteiger partial charge >= 0.3 is 5.97 Å². The SMILES string of the molecule is COc1cc(C(=O)O[C@@H](C)C(=O)NC2(C#N)CCCCC2)ccc1C. The number of nitrogens with zero attached hydrogens (tertiary/aromatic N) is 1. The molecular formula is C19H24N2O4. The Morgan fingerprint density at radius 1 is 1.28 bits per heavy atom. The van der Waals surface area contributed by atoms with Gasteiger partial charge in [-0.1, -0.05) is 25.3 Å². The summed E-state index contributed by atoms with van der Waals surface area (Å²) in [5.74, 6) is -0.469. The summed E-state index contributed by atoms with van der Waals surface area (Å²) in [6.45, 7) is 3.38. The van der Waals surface area contributed by atoms with Crippen LogP contribution in [-0.2, 0) is 9.53 Å². The van der Waals surface area contributed by atoms with Gasteiger partial charge in [0.1, 0.15) is 11.3 Å². The van der Waals surface area contributed by atoms with E-state index < -0.39 is 23.5 Å². The number of nitriles is 1. The van der Waals surface area contributed by atoms with Gasteiger partial charge in [-0.05, 0) is 44.4 Å². The summed E-state index contributed by atoms with van der Waals surface area (Å²) in [5.41, 5.74) is 0.371. The van der Waals surface area contributed by atoms with Crippen molar-refractivity contribution in [2.24, 2.45) is 0 Å². The molecule has 0 saturated heterocycles. The summed E-state index contributed by atoms with van der Waals surface area (Å²) in [6.07, 6.45) is 3.16. The number of amides is 1. The molecule has 2 rings (SSSR count). The predicted octanol–water partition coefficient (Wildman–Crippen LogP) is 2.89. The van der Waals surface area contributed by atoms with Gasteiger partial charge in [0, 0.05) is 0 Å². The molecule has 1 atom stereocenters. The van der Waals surface area contributed by atoms with Crippen LogP contribution >= 0.6 is 0 Å². The highest BCUT2D eigenvalue weighted by molar-refractivity contribution is 5.92. The van der Waals surface area contributed by atoms with Gasteiger partial charge in [-0.2, -0.15) is 5.26 Å². The number of nitrogens with one attached hydrogen (secondary N) is 1. The maximum atomic E-state index is 12.4. The number of hydrogen-bond donors (Lipinski definition) is 1. The van der Waals surface area contributed by atoms with Crippen molar-refractivity contribution in [3.63, 3.8) is 0 Å². The van der Waals surface area contributed by atoms with E-state index in [1.54, 1.807) is 18.2 Å². The fourth-order valence-electron chi connectivity index (χ4n) is 2.99. The van der Waals surface area contributed by atoms with Crippen LogP contribution in [0.5, 0.6) is 5.75 Å². The fraction of sp³-hybridized carbons (Fsp3) is 0.526. The number of ether oxygens (including phenoxy) is 2. The molecule has 1 aliphatic carbocycles. The Labute approximate surface area is 148 Å². The van der Waals surface area contributed by atoms with Gasteiger partial charge in [-0.15, -0.1) is 0 Å². The Kier molecular flexibility index (Phi) is 6.02. The Morgan fingerprint density at radius 3 is 2.56 bits per heavy atom. The number of aryl methyl sites for hydroxylation is 1. The van der Waals surface area contributed by atoms with Gasteiger partial charge < -0.3 is 14.8 Å². The second kappa shape index (κ2) is 8.02. The van der Waals surface area contributed by atoms with Crippen LogP contribution in [-0.4, -0.2) is 30.6 Å². The number of benzene rings is 1. The summed E-state index contributed by atoms with van der Waals surface area (Å²) in [4.78, 5) is 24.6. The van der Waals surface area contributed by atoms with Crippen LogP contribution < -0.4 is 10.1 Å². The Balaban J connectivity index is 2.00. The monoisotopic (exact) mass is 344 g/mol. The molecule has 1 amide bonds. The molecule has 1 aromatic carbocycles. The number of esters is 1. The first kappa shape index (κ1) is 18.8. The standard InChI is InChI=1S/C19H24N2O4/c1-13-7-8-15(11-16(13)24-3)18(23)25-14(2)17(22)21-19(12-20)9-5-4-6-10-19/h7-8,11,14H,4-6,9-10H2,1-3H3,(H,21,22)/t14-/m0/s1. The maximum Gasteiger partial charge on any atom is 0.339 e. The van der Waals surface area contributed by atoms with Gasteiger partial charge in [-0.3, -0.25) is 4.79 Å². The highest BCUT2D eigenvalue weighted by Gasteiger charge is 2.35. The number of methoxy groups -OCH3 is 1. The van der Waals surface area contributed by atoms with Crippen molar-refractivity contribution in [1.29, 1.82) is 5.26 Å². The number of carbonyl (C=O) groups is 2. The van der Waals surface area contributed by atoms with Crippen molar-refractivity contribution in [2.45, 2.75) is 57.6 Å². The summed E-state index contributed by atoms with van der Waals surface area (Å²) < 4.78 is 10.4. The van der Waals surface area contributed by atoms with E-state index in [1.165, 1.54) is 14.0 Å². The lowest BCUT2D eigenvalue weighted by Gasteiger charge is -2.32. The maximum absolute atomic E-state index is 12.4. The van der Waals surface area contributed by atoms with E-state index in [9.17, 15) is 14.9 Å². The molecule has 1 fully saturated rings. The largest absolute Gasteiger partial charge is 0.496 e. The second-order valence-electron chi connectivity index (χ2n) is 6.48. The molecular weight excluding hydrogens is 320 g/mol. The Morgan fingerprint density at radius 2 is 1.96 bits per heavy atom. The summed E-state index contributed by atoms with van der Waals surface area (Å²) in [6, 6.07) is 7.19. The minimum atomic E-state index is -0.980. The first-order valence-electron chi connectivity index (χ1n) is 8.50. The van der Waals surface area contributed by atoms with Crippen molar-refractivity contribution >= 4 is 11.9 Å². The molecule has 134 valence electrons. The van der Waals surface area contributed by atoms with Crippen LogP contribution in [0.15, 0.2) is 18.2 Å². The quantitative estimate of drug-likeness (QED) is 0.830. The first-order valence-corrected chi connectivity index (χ1v) is 8.50. The number of rotatable bonds is 5. The van der Waals surface area contributed by atoms with E-state index in [0.29, 0.717) is 24.2 Å². The molecule has 6 nitrogen and oxygen atoms in total. The van der Waals surface area contributed by atoms with Crippen molar-refractivity contribution in [3.05, 3.63) is 29.3 Å². The molecule has 0 spiro atoms. The van der Waals surface area contributed by atoms with E-state index in [1.807, 2.05) is 6.92 Å². The van der Waals surface area contributed by atoms with Crippen LogP contribution in [0.1, 0.15) is 54.9 Å². The third-order valence-electron chi connectivity index (χ3n) is 4.58. The van der Waals surface area contributed by atoms with Gasteiger partial charge in [0.2, 0.25) is 0 Å². The molecule has 25 heavy (non-hydrogen) atoms. The highest BCUT2D eigenvalue weighted by Crippen LogP contribution is 2.27. The lowest BCUT2D eigenvalue weighted by Crippen LogP contribution is -2.52. The van der Waals surface area contributed by atoms with E-state index in [4.69, 9.17) is 9.47 Å². The minimum Gasteiger partial charge on any atom is -0.496 e. The first-order chi connectivity index (χ1) is 11.9. The lowest BCUT2D eigenvalue weighted by atomic mass is 9.83. The van der Waals surface area contributed by atoms with Crippen molar-refractivity contribution in [1.82, 2.24) is 5.32 Å². The van der Waals surface area contributed by atoms with Crippen LogP contribution in [0.2, 0.25) is 0 Å². The van der Waals surface area contributed by atoms with Crippen LogP contribution in [0, 0.1) is 18.3 Å². The van der Waals surface area contributed by atoms with Gasteiger partial charge in [-0.25, -0.2) is 4.79 Å². The highest BCUT2D eigenvalue weighted by atomic mass is 16.5. The summed E-state index contributed by atoms with van der Waals surface area (Å²) >= 11 is 0. The molecule has 1 N–H and O–H groups in total. The third-order valence-corrected chi connectivity index (χ3v) is 4.58. The zero-order chi connectivity index (χ0) is 18.4. The van der Waals surface area contributed by atoms with Crippen molar-refractivity contribution in [2.75, 3.05) is 7.11 Å². The number of hydrogen-bond acceptors (Lipinski definition) is 5. The average Bonchev–Trinajstić information content (AvgIpc) is 2.62. The molecule has 0 unspecified atom stereocenters. The van der Waals surface area contributed by atoms with Crippen molar-refractivity contribution < 1.29 is 19.1 Å². The topological polar surface area (TPSA) is 88.4 Å². The van der Waals surface area contributed by atoms with Crippen LogP contribution in [0.4, 0.5) is 0 Å². The molecule has 0 aromatic heterocycles. The Bertz CT molecular complexity index is 687. The molecule has 1 aromatic rings. The number of carbonyl (C=O) groups excluding carboxylic acids is 2. The fourth-order valence-corrected chi connectivity index (χ4v) is 2.99. The predicted molar refractivity (Wildman–Crippen MR) is 92.2 cm³/mol. The average molecular weight is 344 g/mol. The Hall–Kier alpha value is -2.55. The van der Waals surface area contributed by atoms with E-state index in [-0.39, 0.29) is 0 Å². The van der Waals surface area contributed by atoms with E-state index in [0.717, 1.165) is 24.8 Å². The van der Waals surface area contributed by atoms with Gasteiger partial charge in [0.25, 0.3) is 5.91 Å². The summed E-state index contributed by atoms with van der Waals surface area (Å²) in [7, 11) is 1.53. The second-order valence-corrected chi connectivity index (χ2v) is 6.48. The smallest absolute Gasteiger partial charge is 0.339 e. The zero-order valence-electron chi connectivity index (χ0n) is 14.9. The van der Waals surface area contributed by atoms with Crippen molar-refractivity contribution in [3.8, 4) is 11.8 Å². The van der Waals surface area contributed by atoms with E-state index >= 15 is 0 Å². The molecule has 0 aliphatic heterocycles. The third kappa shape index (κ3) is 4.50. The van der Waals surface area contributed by atoms with E-state index in [2.05, 4.69) is 11.4 Å². The zero-order valence-corrected chi connectivity index (χ0v) is 14.9. The molecule has 6 heteroatoms. The molecule has 0 radical (unpaired) electrons. The molecule has 0 bridgehead atoms. The van der Waals surface area contributed by atoms with Crippen LogP contribution in [0.3, 0.4) is 0 Å². The lowest BCUT2D eigenvalue weighted by molar-refractivity contribution is -0.130. The molecule has 1 aliphatic rings. The minimum absolute atomic E-state index is 0.315. The van der Waals surface area contributed by atoms with Gasteiger partial charge in [0.05, 0.1) is 18.7 Å². The van der Waals surface area contributed by atoms with Crippen LogP contribution in [0.25, 0.3) is 0 Å².